The normalized spacial score (nSPS) is 20.0. The van der Waals surface area contributed by atoms with E-state index in [1.807, 2.05) is 29.8 Å². The molecule has 1 atom stereocenters. The van der Waals surface area contributed by atoms with Crippen LogP contribution in [-0.2, 0) is 14.8 Å². The van der Waals surface area contributed by atoms with Gasteiger partial charge in [-0.1, -0.05) is 25.7 Å². The highest BCUT2D eigenvalue weighted by Gasteiger charge is 2.26. The van der Waals surface area contributed by atoms with Gasteiger partial charge in [0.15, 0.2) is 0 Å². The molecule has 7 nitrogen and oxygen atoms in total. The summed E-state index contributed by atoms with van der Waals surface area (Å²) in [6.45, 7) is 7.15. The van der Waals surface area contributed by atoms with Crippen LogP contribution < -0.4 is 5.32 Å². The molecule has 2 saturated heterocycles. The summed E-state index contributed by atoms with van der Waals surface area (Å²) in [4.78, 5) is 15.7. The van der Waals surface area contributed by atoms with E-state index in [0.29, 0.717) is 24.5 Å². The molecule has 1 amide bonds. The molecule has 0 aliphatic carbocycles. The zero-order chi connectivity index (χ0) is 24.0. The van der Waals surface area contributed by atoms with Crippen molar-refractivity contribution in [3.63, 3.8) is 0 Å². The van der Waals surface area contributed by atoms with Gasteiger partial charge in [-0.15, -0.1) is 0 Å². The van der Waals surface area contributed by atoms with Crippen molar-refractivity contribution in [1.29, 1.82) is 0 Å². The van der Waals surface area contributed by atoms with Crippen LogP contribution in [0.1, 0.15) is 70.8 Å². The molecule has 2 aliphatic rings. The van der Waals surface area contributed by atoms with E-state index >= 15 is 0 Å². The lowest BCUT2D eigenvalue weighted by molar-refractivity contribution is -0.123. The zero-order valence-corrected chi connectivity index (χ0v) is 21.4. The second-order valence-corrected chi connectivity index (χ2v) is 11.8. The van der Waals surface area contributed by atoms with Gasteiger partial charge in [-0.05, 0) is 82.9 Å². The smallest absolute Gasteiger partial charge is 0.243 e. The van der Waals surface area contributed by atoms with Crippen molar-refractivity contribution >= 4 is 26.8 Å². The lowest BCUT2D eigenvalue weighted by Gasteiger charge is -2.21. The van der Waals surface area contributed by atoms with Gasteiger partial charge in [0.25, 0.3) is 0 Å². The van der Waals surface area contributed by atoms with E-state index in [2.05, 4.69) is 10.2 Å². The second-order valence-electron chi connectivity index (χ2n) is 9.84. The Morgan fingerprint density at radius 2 is 1.59 bits per heavy atom. The average Bonchev–Trinajstić information content (AvgIpc) is 3.02. The van der Waals surface area contributed by atoms with Crippen LogP contribution in [0.15, 0.2) is 35.4 Å². The Morgan fingerprint density at radius 3 is 2.26 bits per heavy atom. The highest BCUT2D eigenvalue weighted by molar-refractivity contribution is 7.89. The SMILES string of the molecule is C[C@H](C(=O)NCCCN1CCCCCC1)n1ccc2cc(S(=O)(=O)N3CCCCCC3)ccc21. The van der Waals surface area contributed by atoms with Gasteiger partial charge in [0.05, 0.1) is 4.90 Å². The Balaban J connectivity index is 1.36. The van der Waals surface area contributed by atoms with Crippen LogP contribution in [-0.4, -0.2) is 67.4 Å². The molecular formula is C26H40N4O3S. The fraction of sp³-hybridized carbons (Fsp3) is 0.654. The Hall–Kier alpha value is -1.90. The van der Waals surface area contributed by atoms with Gasteiger partial charge in [0.2, 0.25) is 15.9 Å². The number of hydrogen-bond acceptors (Lipinski definition) is 4. The van der Waals surface area contributed by atoms with Crippen LogP contribution in [0.4, 0.5) is 0 Å². The molecule has 3 heterocycles. The lowest BCUT2D eigenvalue weighted by Crippen LogP contribution is -2.34. The van der Waals surface area contributed by atoms with Crippen molar-refractivity contribution in [2.45, 2.75) is 75.6 Å². The number of likely N-dealkylation sites (tertiary alicyclic amines) is 1. The fourth-order valence-corrected chi connectivity index (χ4v) is 6.77. The average molecular weight is 489 g/mol. The van der Waals surface area contributed by atoms with E-state index in [-0.39, 0.29) is 11.9 Å². The van der Waals surface area contributed by atoms with Gasteiger partial charge in [-0.2, -0.15) is 4.31 Å². The Kier molecular flexibility index (Phi) is 8.66. The van der Waals surface area contributed by atoms with E-state index < -0.39 is 10.0 Å². The number of sulfonamides is 1. The number of hydrogen-bond donors (Lipinski definition) is 1. The molecule has 34 heavy (non-hydrogen) atoms. The Labute approximate surface area is 204 Å². The van der Waals surface area contributed by atoms with Crippen LogP contribution >= 0.6 is 0 Å². The van der Waals surface area contributed by atoms with Crippen molar-refractivity contribution in [3.05, 3.63) is 30.5 Å². The monoisotopic (exact) mass is 488 g/mol. The van der Waals surface area contributed by atoms with Crippen LogP contribution in [0.2, 0.25) is 0 Å². The van der Waals surface area contributed by atoms with Crippen LogP contribution in [0.25, 0.3) is 10.9 Å². The first-order valence-corrected chi connectivity index (χ1v) is 14.5. The maximum atomic E-state index is 13.2. The predicted octanol–water partition coefficient (Wildman–Crippen LogP) is 4.15. The third kappa shape index (κ3) is 6.01. The third-order valence-corrected chi connectivity index (χ3v) is 9.24. The topological polar surface area (TPSA) is 74.6 Å². The largest absolute Gasteiger partial charge is 0.354 e. The molecule has 1 N–H and O–H groups in total. The zero-order valence-electron chi connectivity index (χ0n) is 20.5. The maximum absolute atomic E-state index is 13.2. The maximum Gasteiger partial charge on any atom is 0.243 e. The summed E-state index contributed by atoms with van der Waals surface area (Å²) in [7, 11) is -3.49. The molecule has 0 spiro atoms. The number of rotatable bonds is 8. The number of nitrogens with zero attached hydrogens (tertiary/aromatic N) is 3. The first-order chi connectivity index (χ1) is 16.5. The van der Waals surface area contributed by atoms with E-state index in [4.69, 9.17) is 0 Å². The highest BCUT2D eigenvalue weighted by Crippen LogP contribution is 2.26. The van der Waals surface area contributed by atoms with E-state index in [1.165, 1.54) is 38.8 Å². The summed E-state index contributed by atoms with van der Waals surface area (Å²) >= 11 is 0. The summed E-state index contributed by atoms with van der Waals surface area (Å²) in [5, 5.41) is 3.93. The Morgan fingerprint density at radius 1 is 0.941 bits per heavy atom. The van der Waals surface area contributed by atoms with Crippen molar-refractivity contribution in [2.24, 2.45) is 0 Å². The van der Waals surface area contributed by atoms with Gasteiger partial charge >= 0.3 is 0 Å². The molecule has 1 aromatic carbocycles. The number of nitrogens with one attached hydrogen (secondary N) is 1. The van der Waals surface area contributed by atoms with Crippen molar-refractivity contribution in [3.8, 4) is 0 Å². The molecule has 1 aromatic heterocycles. The number of fused-ring (bicyclic) bond motifs is 1. The number of carbonyl (C=O) groups excluding carboxylic acids is 1. The quantitative estimate of drug-likeness (QED) is 0.567. The first-order valence-electron chi connectivity index (χ1n) is 13.1. The first kappa shape index (κ1) is 25.2. The minimum absolute atomic E-state index is 0.00497. The van der Waals surface area contributed by atoms with Crippen molar-refractivity contribution in [1.82, 2.24) is 19.1 Å². The van der Waals surface area contributed by atoms with Crippen LogP contribution in [0.5, 0.6) is 0 Å². The van der Waals surface area contributed by atoms with E-state index in [0.717, 1.165) is 49.6 Å². The molecule has 2 aromatic rings. The molecule has 0 bridgehead atoms. The van der Waals surface area contributed by atoms with Crippen molar-refractivity contribution < 1.29 is 13.2 Å². The molecule has 4 rings (SSSR count). The molecule has 2 fully saturated rings. The van der Waals surface area contributed by atoms with Gasteiger partial charge in [-0.25, -0.2) is 8.42 Å². The molecule has 0 saturated carbocycles. The van der Waals surface area contributed by atoms with Gasteiger partial charge < -0.3 is 14.8 Å². The number of aromatic nitrogens is 1. The molecule has 0 unspecified atom stereocenters. The van der Waals surface area contributed by atoms with E-state index in [1.54, 1.807) is 16.4 Å². The predicted molar refractivity (Wildman–Crippen MR) is 136 cm³/mol. The minimum Gasteiger partial charge on any atom is -0.354 e. The third-order valence-electron chi connectivity index (χ3n) is 7.34. The molecule has 188 valence electrons. The fourth-order valence-electron chi connectivity index (χ4n) is 5.22. The standard InChI is InChI=1S/C26H40N4O3S/c1-22(26(31)27-14-10-17-28-15-6-2-3-7-16-28)30-20-13-23-21-24(11-12-25(23)30)34(32,33)29-18-8-4-5-9-19-29/h11-13,20-22H,2-10,14-19H2,1H3,(H,27,31)/t22-/m1/s1. The number of benzene rings is 1. The summed E-state index contributed by atoms with van der Waals surface area (Å²) in [6.07, 6.45) is 12.1. The molecule has 2 aliphatic heterocycles. The summed E-state index contributed by atoms with van der Waals surface area (Å²) < 4.78 is 29.9. The summed E-state index contributed by atoms with van der Waals surface area (Å²) in [5.41, 5.74) is 0.877. The molecule has 8 heteroatoms. The molecular weight excluding hydrogens is 448 g/mol. The van der Waals surface area contributed by atoms with Gasteiger partial charge in [0, 0.05) is 36.7 Å². The Bertz CT molecular complexity index is 1050. The number of amides is 1. The van der Waals surface area contributed by atoms with E-state index in [9.17, 15) is 13.2 Å². The van der Waals surface area contributed by atoms with Gasteiger partial charge in [-0.3, -0.25) is 4.79 Å². The summed E-state index contributed by atoms with van der Waals surface area (Å²) in [5.74, 6) is -0.00497. The number of carbonyl (C=O) groups is 1. The highest BCUT2D eigenvalue weighted by atomic mass is 32.2. The van der Waals surface area contributed by atoms with Crippen molar-refractivity contribution in [2.75, 3.05) is 39.3 Å². The summed E-state index contributed by atoms with van der Waals surface area (Å²) in [6, 6.07) is 6.81. The van der Waals surface area contributed by atoms with Crippen LogP contribution in [0.3, 0.4) is 0 Å². The molecule has 0 radical (unpaired) electrons. The second kappa shape index (κ2) is 11.7. The lowest BCUT2D eigenvalue weighted by atomic mass is 10.2. The van der Waals surface area contributed by atoms with Crippen LogP contribution in [0, 0.1) is 0 Å². The van der Waals surface area contributed by atoms with Gasteiger partial charge in [0.1, 0.15) is 6.04 Å². The minimum atomic E-state index is -3.49.